The average Bonchev–Trinajstić information content (AvgIpc) is 3.00. The zero-order valence-corrected chi connectivity index (χ0v) is 11.3. The summed E-state index contributed by atoms with van der Waals surface area (Å²) in [4.78, 5) is 35.5. The molecule has 1 aliphatic rings. The lowest BCUT2D eigenvalue weighted by Crippen LogP contribution is -2.51. The van der Waals surface area contributed by atoms with Crippen molar-refractivity contribution in [3.8, 4) is 11.3 Å². The Bertz CT molecular complexity index is 767. The molecule has 1 saturated heterocycles. The molecule has 112 valence electrons. The van der Waals surface area contributed by atoms with E-state index in [2.05, 4.69) is 10.5 Å². The fourth-order valence-corrected chi connectivity index (χ4v) is 2.14. The first-order valence-electron chi connectivity index (χ1n) is 6.42. The van der Waals surface area contributed by atoms with E-state index in [0.29, 0.717) is 16.9 Å². The van der Waals surface area contributed by atoms with Gasteiger partial charge in [-0.3, -0.25) is 9.59 Å². The van der Waals surface area contributed by atoms with Gasteiger partial charge in [0.2, 0.25) is 17.6 Å². The minimum atomic E-state index is -1.21. The Kier molecular flexibility index (Phi) is 3.34. The smallest absolute Gasteiger partial charge is 0.374 e. The highest BCUT2D eigenvalue weighted by molar-refractivity contribution is 6.04. The maximum absolute atomic E-state index is 11.9. The monoisotopic (exact) mass is 301 g/mol. The predicted octanol–water partition coefficient (Wildman–Crippen LogP) is 0.503. The summed E-state index contributed by atoms with van der Waals surface area (Å²) in [5, 5.41) is 15.0. The average molecular weight is 301 g/mol. The minimum Gasteiger partial charge on any atom is -0.475 e. The summed E-state index contributed by atoms with van der Waals surface area (Å²) >= 11 is 0. The summed E-state index contributed by atoms with van der Waals surface area (Å²) in [6, 6.07) is 8.05. The van der Waals surface area contributed by atoms with E-state index in [1.807, 2.05) is 0 Å². The van der Waals surface area contributed by atoms with Gasteiger partial charge in [-0.05, 0) is 12.1 Å². The Morgan fingerprint density at radius 1 is 1.32 bits per heavy atom. The van der Waals surface area contributed by atoms with Crippen molar-refractivity contribution in [3.63, 3.8) is 0 Å². The lowest BCUT2D eigenvalue weighted by atomic mass is 10.1. The number of hydrogen-bond donors (Lipinski definition) is 2. The number of carboxylic acids is 1. The number of aromatic carboxylic acids is 1. The highest BCUT2D eigenvalue weighted by Gasteiger charge is 2.24. The van der Waals surface area contributed by atoms with Crippen LogP contribution in [0.25, 0.3) is 11.3 Å². The van der Waals surface area contributed by atoms with Crippen LogP contribution in [0.1, 0.15) is 10.6 Å². The van der Waals surface area contributed by atoms with Crippen LogP contribution in [-0.4, -0.2) is 41.1 Å². The molecule has 0 unspecified atom stereocenters. The number of aromatic nitrogens is 1. The van der Waals surface area contributed by atoms with Gasteiger partial charge in [0, 0.05) is 17.3 Å². The third kappa shape index (κ3) is 2.53. The van der Waals surface area contributed by atoms with Crippen LogP contribution in [0.3, 0.4) is 0 Å². The first kappa shape index (κ1) is 13.8. The van der Waals surface area contributed by atoms with Crippen molar-refractivity contribution in [1.29, 1.82) is 0 Å². The summed E-state index contributed by atoms with van der Waals surface area (Å²) in [5.41, 5.74) is 1.47. The largest absolute Gasteiger partial charge is 0.475 e. The molecule has 0 saturated carbocycles. The van der Waals surface area contributed by atoms with Crippen LogP contribution in [0, 0.1) is 0 Å². The number of nitrogens with zero attached hydrogens (tertiary/aromatic N) is 2. The molecule has 1 aromatic heterocycles. The molecule has 0 radical (unpaired) electrons. The third-order valence-corrected chi connectivity index (χ3v) is 3.21. The molecule has 8 nitrogen and oxygen atoms in total. The maximum Gasteiger partial charge on any atom is 0.374 e. The van der Waals surface area contributed by atoms with Gasteiger partial charge in [0.25, 0.3) is 0 Å². The second-order valence-electron chi connectivity index (χ2n) is 4.69. The summed E-state index contributed by atoms with van der Waals surface area (Å²) in [5.74, 6) is -1.94. The fourth-order valence-electron chi connectivity index (χ4n) is 2.14. The number of anilines is 1. The van der Waals surface area contributed by atoms with E-state index in [-0.39, 0.29) is 30.7 Å². The van der Waals surface area contributed by atoms with Crippen LogP contribution in [0.4, 0.5) is 5.69 Å². The zero-order valence-electron chi connectivity index (χ0n) is 11.3. The Morgan fingerprint density at radius 3 is 2.86 bits per heavy atom. The van der Waals surface area contributed by atoms with E-state index in [4.69, 9.17) is 9.63 Å². The summed E-state index contributed by atoms with van der Waals surface area (Å²) in [6.07, 6.45) is 0. The molecule has 1 aliphatic heterocycles. The summed E-state index contributed by atoms with van der Waals surface area (Å²) in [6.45, 7) is -0.0995. The van der Waals surface area contributed by atoms with E-state index < -0.39 is 5.97 Å². The molecule has 0 atom stereocenters. The second-order valence-corrected chi connectivity index (χ2v) is 4.69. The maximum atomic E-state index is 11.9. The molecule has 2 amide bonds. The third-order valence-electron chi connectivity index (χ3n) is 3.21. The molecule has 0 bridgehead atoms. The topological polar surface area (TPSA) is 113 Å². The highest BCUT2D eigenvalue weighted by Crippen LogP contribution is 2.25. The van der Waals surface area contributed by atoms with E-state index in [1.54, 1.807) is 24.3 Å². The first-order valence-corrected chi connectivity index (χ1v) is 6.42. The van der Waals surface area contributed by atoms with Crippen molar-refractivity contribution >= 4 is 23.5 Å². The Hall–Kier alpha value is -3.16. The zero-order chi connectivity index (χ0) is 15.7. The van der Waals surface area contributed by atoms with Crippen LogP contribution < -0.4 is 10.2 Å². The Labute approximate surface area is 124 Å². The van der Waals surface area contributed by atoms with E-state index in [1.165, 1.54) is 11.0 Å². The van der Waals surface area contributed by atoms with Crippen molar-refractivity contribution in [2.45, 2.75) is 0 Å². The number of benzene rings is 1. The predicted molar refractivity (Wildman–Crippen MR) is 74.3 cm³/mol. The SMILES string of the molecule is O=C1CN(c2cccc(-c3cc(C(=O)O)on3)c2)C(=O)CN1. The highest BCUT2D eigenvalue weighted by atomic mass is 16.5. The molecule has 0 spiro atoms. The van der Waals surface area contributed by atoms with E-state index in [0.717, 1.165) is 0 Å². The molecule has 22 heavy (non-hydrogen) atoms. The van der Waals surface area contributed by atoms with Gasteiger partial charge in [-0.25, -0.2) is 4.79 Å². The quantitative estimate of drug-likeness (QED) is 0.853. The number of piperazine rings is 1. The van der Waals surface area contributed by atoms with Gasteiger partial charge >= 0.3 is 5.97 Å². The molecule has 3 rings (SSSR count). The first-order chi connectivity index (χ1) is 10.5. The molecule has 2 aromatic rings. The van der Waals surface area contributed by atoms with Crippen molar-refractivity contribution in [2.75, 3.05) is 18.0 Å². The number of nitrogens with one attached hydrogen (secondary N) is 1. The lowest BCUT2D eigenvalue weighted by molar-refractivity contribution is -0.128. The van der Waals surface area contributed by atoms with Gasteiger partial charge in [0.15, 0.2) is 0 Å². The molecule has 8 heteroatoms. The van der Waals surface area contributed by atoms with Gasteiger partial charge in [0.05, 0.1) is 6.54 Å². The molecule has 2 N–H and O–H groups in total. The number of carbonyl (C=O) groups excluding carboxylic acids is 2. The van der Waals surface area contributed by atoms with Crippen LogP contribution in [-0.2, 0) is 9.59 Å². The minimum absolute atomic E-state index is 0.0455. The van der Waals surface area contributed by atoms with E-state index >= 15 is 0 Å². The molecule has 1 fully saturated rings. The molecular formula is C14H11N3O5. The number of amides is 2. The molecule has 1 aromatic carbocycles. The second kappa shape index (κ2) is 5.32. The van der Waals surface area contributed by atoms with Crippen molar-refractivity contribution in [2.24, 2.45) is 0 Å². The number of rotatable bonds is 3. The van der Waals surface area contributed by atoms with Crippen LogP contribution in [0.2, 0.25) is 0 Å². The van der Waals surface area contributed by atoms with Gasteiger partial charge < -0.3 is 19.8 Å². The van der Waals surface area contributed by atoms with Crippen LogP contribution in [0.5, 0.6) is 0 Å². The molecule has 0 aliphatic carbocycles. The van der Waals surface area contributed by atoms with Crippen molar-refractivity contribution in [3.05, 3.63) is 36.1 Å². The Balaban J connectivity index is 1.93. The number of hydrogen-bond acceptors (Lipinski definition) is 5. The number of carbonyl (C=O) groups is 3. The number of carboxylic acid groups (broad SMARTS) is 1. The normalized spacial score (nSPS) is 14.8. The van der Waals surface area contributed by atoms with Gasteiger partial charge in [-0.15, -0.1) is 0 Å². The van der Waals surface area contributed by atoms with Crippen molar-refractivity contribution < 1.29 is 24.0 Å². The molecular weight excluding hydrogens is 290 g/mol. The van der Waals surface area contributed by atoms with Gasteiger partial charge in [-0.2, -0.15) is 0 Å². The molecule has 2 heterocycles. The van der Waals surface area contributed by atoms with Crippen LogP contribution in [0.15, 0.2) is 34.9 Å². The van der Waals surface area contributed by atoms with Gasteiger partial charge in [-0.1, -0.05) is 17.3 Å². The fraction of sp³-hybridized carbons (Fsp3) is 0.143. The van der Waals surface area contributed by atoms with Crippen molar-refractivity contribution in [1.82, 2.24) is 10.5 Å². The van der Waals surface area contributed by atoms with Gasteiger partial charge in [0.1, 0.15) is 12.2 Å². The van der Waals surface area contributed by atoms with Crippen LogP contribution >= 0.6 is 0 Å². The Morgan fingerprint density at radius 2 is 2.14 bits per heavy atom. The summed E-state index contributed by atoms with van der Waals surface area (Å²) in [7, 11) is 0. The standard InChI is InChI=1S/C14H11N3O5/c18-12-7-17(13(19)6-15-12)9-3-1-2-8(4-9)10-5-11(14(20)21)22-16-10/h1-5H,6-7H2,(H,15,18)(H,20,21). The summed E-state index contributed by atoms with van der Waals surface area (Å²) < 4.78 is 4.71. The lowest BCUT2D eigenvalue weighted by Gasteiger charge is -2.26. The van der Waals surface area contributed by atoms with E-state index in [9.17, 15) is 14.4 Å².